The van der Waals surface area contributed by atoms with Gasteiger partial charge in [0.05, 0.1) is 0 Å². The second-order valence-corrected chi connectivity index (χ2v) is 9.57. The van der Waals surface area contributed by atoms with Gasteiger partial charge in [0.15, 0.2) is 0 Å². The summed E-state index contributed by atoms with van der Waals surface area (Å²) in [5, 5.41) is 3.72. The lowest BCUT2D eigenvalue weighted by atomic mass is 9.95. The standard InChI is InChI=1S/C16H35NO2Si/c1-4-13-18-20(3,19-14-5-2)15-9-12-17-16-10-7-6-8-11-16/h16-17H,4-15H2,1-3H3. The van der Waals surface area contributed by atoms with E-state index < -0.39 is 8.56 Å². The Morgan fingerprint density at radius 1 is 1.00 bits per heavy atom. The van der Waals surface area contributed by atoms with E-state index in [2.05, 4.69) is 25.7 Å². The van der Waals surface area contributed by atoms with Crippen molar-refractivity contribution in [1.82, 2.24) is 5.32 Å². The van der Waals surface area contributed by atoms with Crippen molar-refractivity contribution in [2.45, 2.75) is 83.8 Å². The van der Waals surface area contributed by atoms with Crippen LogP contribution in [0.25, 0.3) is 0 Å². The number of nitrogens with one attached hydrogen (secondary N) is 1. The van der Waals surface area contributed by atoms with E-state index in [1.165, 1.54) is 38.5 Å². The summed E-state index contributed by atoms with van der Waals surface area (Å²) < 4.78 is 12.1. The van der Waals surface area contributed by atoms with E-state index in [9.17, 15) is 0 Å². The zero-order chi connectivity index (χ0) is 14.7. The van der Waals surface area contributed by atoms with Crippen LogP contribution < -0.4 is 5.32 Å². The van der Waals surface area contributed by atoms with Crippen molar-refractivity contribution in [1.29, 1.82) is 0 Å². The van der Waals surface area contributed by atoms with Gasteiger partial charge in [-0.25, -0.2) is 0 Å². The van der Waals surface area contributed by atoms with Gasteiger partial charge in [-0.1, -0.05) is 33.1 Å². The molecule has 0 saturated heterocycles. The van der Waals surface area contributed by atoms with Gasteiger partial charge >= 0.3 is 8.56 Å². The molecule has 0 radical (unpaired) electrons. The highest BCUT2D eigenvalue weighted by molar-refractivity contribution is 6.66. The summed E-state index contributed by atoms with van der Waals surface area (Å²) in [6, 6.07) is 1.89. The molecular weight excluding hydrogens is 266 g/mol. The molecule has 1 rings (SSSR count). The fourth-order valence-electron chi connectivity index (χ4n) is 2.84. The first-order valence-electron chi connectivity index (χ1n) is 8.71. The quantitative estimate of drug-likeness (QED) is 0.458. The third kappa shape index (κ3) is 7.77. The molecule has 0 bridgehead atoms. The molecular formula is C16H35NO2Si. The van der Waals surface area contributed by atoms with E-state index in [1.54, 1.807) is 0 Å². The average Bonchev–Trinajstić information content (AvgIpc) is 2.49. The van der Waals surface area contributed by atoms with Gasteiger partial charge in [0.1, 0.15) is 0 Å². The van der Waals surface area contributed by atoms with Crippen molar-refractivity contribution >= 4 is 8.56 Å². The van der Waals surface area contributed by atoms with Gasteiger partial charge in [-0.2, -0.15) is 0 Å². The van der Waals surface area contributed by atoms with Crippen molar-refractivity contribution in [2.24, 2.45) is 0 Å². The summed E-state index contributed by atoms with van der Waals surface area (Å²) >= 11 is 0. The minimum atomic E-state index is -1.92. The summed E-state index contributed by atoms with van der Waals surface area (Å²) in [6.45, 7) is 9.39. The van der Waals surface area contributed by atoms with Gasteiger partial charge in [0.25, 0.3) is 0 Å². The van der Waals surface area contributed by atoms with E-state index in [-0.39, 0.29) is 0 Å². The Bertz CT molecular complexity index is 225. The smallest absolute Gasteiger partial charge is 0.334 e. The Balaban J connectivity index is 2.18. The molecule has 120 valence electrons. The summed E-state index contributed by atoms with van der Waals surface area (Å²) in [5.41, 5.74) is 0. The van der Waals surface area contributed by atoms with Gasteiger partial charge in [-0.05, 0) is 51.2 Å². The third-order valence-electron chi connectivity index (χ3n) is 4.07. The van der Waals surface area contributed by atoms with Crippen molar-refractivity contribution in [3.8, 4) is 0 Å². The molecule has 0 unspecified atom stereocenters. The first-order chi connectivity index (χ1) is 9.70. The van der Waals surface area contributed by atoms with Gasteiger partial charge in [-0.3, -0.25) is 0 Å². The zero-order valence-corrected chi connectivity index (χ0v) is 14.9. The molecule has 0 heterocycles. The van der Waals surface area contributed by atoms with Gasteiger partial charge < -0.3 is 14.2 Å². The second kappa shape index (κ2) is 10.8. The Kier molecular flexibility index (Phi) is 9.77. The summed E-state index contributed by atoms with van der Waals surface area (Å²) in [4.78, 5) is 0. The van der Waals surface area contributed by atoms with Crippen LogP contribution in [0, 0.1) is 0 Å². The SMILES string of the molecule is CCCO[Si](C)(CCCNC1CCCCC1)OCCC. The fraction of sp³-hybridized carbons (Fsp3) is 1.00. The zero-order valence-electron chi connectivity index (χ0n) is 13.9. The Morgan fingerprint density at radius 2 is 1.60 bits per heavy atom. The average molecular weight is 302 g/mol. The highest BCUT2D eigenvalue weighted by Crippen LogP contribution is 2.19. The number of rotatable bonds is 11. The van der Waals surface area contributed by atoms with Crippen molar-refractivity contribution in [2.75, 3.05) is 19.8 Å². The highest BCUT2D eigenvalue weighted by atomic mass is 28.4. The lowest BCUT2D eigenvalue weighted by Crippen LogP contribution is -2.40. The first kappa shape index (κ1) is 18.1. The second-order valence-electron chi connectivity index (χ2n) is 6.22. The van der Waals surface area contributed by atoms with Crippen molar-refractivity contribution in [3.05, 3.63) is 0 Å². The largest absolute Gasteiger partial charge is 0.394 e. The maximum Gasteiger partial charge on any atom is 0.334 e. The van der Waals surface area contributed by atoms with E-state index in [0.717, 1.165) is 44.7 Å². The maximum absolute atomic E-state index is 6.06. The molecule has 0 aliphatic heterocycles. The lowest BCUT2D eigenvalue weighted by Gasteiger charge is -2.28. The van der Waals surface area contributed by atoms with Crippen LogP contribution in [0.1, 0.15) is 65.2 Å². The van der Waals surface area contributed by atoms with Gasteiger partial charge in [-0.15, -0.1) is 0 Å². The lowest BCUT2D eigenvalue weighted by molar-refractivity contribution is 0.172. The van der Waals surface area contributed by atoms with Crippen LogP contribution in [0.2, 0.25) is 12.6 Å². The number of hydrogen-bond acceptors (Lipinski definition) is 3. The third-order valence-corrected chi connectivity index (χ3v) is 6.96. The highest BCUT2D eigenvalue weighted by Gasteiger charge is 2.30. The van der Waals surface area contributed by atoms with Crippen LogP contribution in [-0.4, -0.2) is 34.4 Å². The Hall–Kier alpha value is 0.0969. The predicted molar refractivity (Wildman–Crippen MR) is 88.4 cm³/mol. The van der Waals surface area contributed by atoms with Crippen LogP contribution in [0.5, 0.6) is 0 Å². The molecule has 0 amide bonds. The fourth-order valence-corrected chi connectivity index (χ4v) is 5.31. The van der Waals surface area contributed by atoms with E-state index >= 15 is 0 Å². The van der Waals surface area contributed by atoms with E-state index in [0.29, 0.717) is 0 Å². The molecule has 0 aromatic heterocycles. The molecule has 0 atom stereocenters. The minimum absolute atomic E-state index is 0.768. The van der Waals surface area contributed by atoms with Crippen LogP contribution >= 0.6 is 0 Å². The van der Waals surface area contributed by atoms with Gasteiger partial charge in [0, 0.05) is 19.3 Å². The molecule has 0 aromatic carbocycles. The molecule has 0 spiro atoms. The predicted octanol–water partition coefficient (Wildman–Crippen LogP) is 4.22. The van der Waals surface area contributed by atoms with E-state index in [4.69, 9.17) is 8.85 Å². The van der Waals surface area contributed by atoms with Crippen molar-refractivity contribution in [3.63, 3.8) is 0 Å². The van der Waals surface area contributed by atoms with Crippen LogP contribution in [-0.2, 0) is 8.85 Å². The first-order valence-corrected chi connectivity index (χ1v) is 11.2. The van der Waals surface area contributed by atoms with Crippen LogP contribution in [0.4, 0.5) is 0 Å². The summed E-state index contributed by atoms with van der Waals surface area (Å²) in [7, 11) is -1.92. The summed E-state index contributed by atoms with van der Waals surface area (Å²) in [5.74, 6) is 0. The summed E-state index contributed by atoms with van der Waals surface area (Å²) in [6.07, 6.45) is 10.3. The van der Waals surface area contributed by atoms with Crippen LogP contribution in [0.15, 0.2) is 0 Å². The molecule has 1 fully saturated rings. The molecule has 1 N–H and O–H groups in total. The molecule has 3 nitrogen and oxygen atoms in total. The monoisotopic (exact) mass is 301 g/mol. The minimum Gasteiger partial charge on any atom is -0.394 e. The van der Waals surface area contributed by atoms with Crippen molar-refractivity contribution < 1.29 is 8.85 Å². The van der Waals surface area contributed by atoms with E-state index in [1.807, 2.05) is 0 Å². The molecule has 0 aromatic rings. The molecule has 1 aliphatic carbocycles. The molecule has 1 saturated carbocycles. The topological polar surface area (TPSA) is 30.5 Å². The molecule has 4 heteroatoms. The maximum atomic E-state index is 6.06. The normalized spacial score (nSPS) is 17.6. The molecule has 1 aliphatic rings. The van der Waals surface area contributed by atoms with Crippen LogP contribution in [0.3, 0.4) is 0 Å². The Labute approximate surface area is 127 Å². The number of hydrogen-bond donors (Lipinski definition) is 1. The molecule has 20 heavy (non-hydrogen) atoms. The Morgan fingerprint density at radius 3 is 2.15 bits per heavy atom. The van der Waals surface area contributed by atoms with Gasteiger partial charge in [0.2, 0.25) is 0 Å².